The number of aliphatic hydroxyl groups is 1. The second-order valence-corrected chi connectivity index (χ2v) is 4.97. The van der Waals surface area contributed by atoms with Gasteiger partial charge in [-0.1, -0.05) is 29.4 Å². The van der Waals surface area contributed by atoms with Crippen molar-refractivity contribution in [1.29, 1.82) is 0 Å². The van der Waals surface area contributed by atoms with Crippen molar-refractivity contribution >= 4 is 12.4 Å². The normalized spacial score (nSPS) is 14.5. The Morgan fingerprint density at radius 1 is 1.18 bits per heavy atom. The van der Waals surface area contributed by atoms with Gasteiger partial charge in [0, 0.05) is 0 Å². The van der Waals surface area contributed by atoms with E-state index in [-0.39, 0.29) is 12.4 Å². The molecule has 100 valence electrons. The summed E-state index contributed by atoms with van der Waals surface area (Å²) in [5.74, 6) is 0. The zero-order valence-corrected chi connectivity index (χ0v) is 12.4. The van der Waals surface area contributed by atoms with Crippen molar-refractivity contribution in [1.82, 2.24) is 0 Å². The second-order valence-electron chi connectivity index (χ2n) is 4.97. The monoisotopic (exact) mass is 258 g/mol. The topological polar surface area (TPSA) is 20.2 Å². The molecule has 0 heterocycles. The Morgan fingerprint density at radius 3 is 2.24 bits per heavy atom. The molecule has 0 amide bonds. The van der Waals surface area contributed by atoms with E-state index >= 15 is 0 Å². The minimum absolute atomic E-state index is 0. The minimum atomic E-state index is -0.726. The van der Waals surface area contributed by atoms with Crippen LogP contribution in [0.25, 0.3) is 0 Å². The number of hydrogen-bond acceptors (Lipinski definition) is 1. The van der Waals surface area contributed by atoms with Crippen LogP contribution >= 0.6 is 12.4 Å². The van der Waals surface area contributed by atoms with E-state index in [9.17, 15) is 5.11 Å². The molecule has 0 aromatic carbocycles. The lowest BCUT2D eigenvalue weighted by atomic mass is 9.99. The van der Waals surface area contributed by atoms with Crippen LogP contribution in [0.5, 0.6) is 0 Å². The molecule has 1 nitrogen and oxygen atoms in total. The molecule has 0 aliphatic heterocycles. The molecule has 1 atom stereocenters. The third-order valence-electron chi connectivity index (χ3n) is 2.67. The smallest absolute Gasteiger partial charge is 0.0800 e. The molecule has 0 saturated carbocycles. The Morgan fingerprint density at radius 2 is 1.76 bits per heavy atom. The van der Waals surface area contributed by atoms with E-state index in [0.29, 0.717) is 0 Å². The number of halogens is 1. The van der Waals surface area contributed by atoms with Gasteiger partial charge in [-0.15, -0.1) is 19.0 Å². The summed E-state index contributed by atoms with van der Waals surface area (Å²) >= 11 is 0. The summed E-state index contributed by atoms with van der Waals surface area (Å²) in [7, 11) is 0. The van der Waals surface area contributed by atoms with Crippen molar-refractivity contribution in [3.05, 3.63) is 36.0 Å². The van der Waals surface area contributed by atoms with E-state index in [2.05, 4.69) is 39.5 Å². The van der Waals surface area contributed by atoms with E-state index < -0.39 is 5.60 Å². The summed E-state index contributed by atoms with van der Waals surface area (Å²) in [6.07, 6.45) is 9.98. The Hall–Kier alpha value is -0.530. The molecule has 0 aliphatic rings. The van der Waals surface area contributed by atoms with Crippen LogP contribution in [0.2, 0.25) is 0 Å². The van der Waals surface area contributed by atoms with Crippen molar-refractivity contribution in [3.63, 3.8) is 0 Å². The first-order chi connectivity index (χ1) is 7.37. The summed E-state index contributed by atoms with van der Waals surface area (Å²) in [6.45, 7) is 11.8. The Kier molecular flexibility index (Phi) is 10.5. The zero-order chi connectivity index (χ0) is 12.6. The molecule has 0 radical (unpaired) electrons. The number of hydrogen-bond donors (Lipinski definition) is 1. The van der Waals surface area contributed by atoms with Gasteiger partial charge in [-0.25, -0.2) is 0 Å². The average molecular weight is 259 g/mol. The van der Waals surface area contributed by atoms with E-state index in [1.165, 1.54) is 11.1 Å². The molecule has 2 heteroatoms. The molecule has 0 spiro atoms. The van der Waals surface area contributed by atoms with Crippen LogP contribution in [0.15, 0.2) is 36.0 Å². The first kappa shape index (κ1) is 18.8. The van der Waals surface area contributed by atoms with Gasteiger partial charge in [-0.05, 0) is 53.4 Å². The average Bonchev–Trinajstić information content (AvgIpc) is 2.17. The maximum absolute atomic E-state index is 9.73. The highest BCUT2D eigenvalue weighted by Gasteiger charge is 2.12. The van der Waals surface area contributed by atoms with Gasteiger partial charge in [-0.2, -0.15) is 0 Å². The zero-order valence-electron chi connectivity index (χ0n) is 11.6. The summed E-state index contributed by atoms with van der Waals surface area (Å²) in [6, 6.07) is 0. The Balaban J connectivity index is 0. The quantitative estimate of drug-likeness (QED) is 0.649. The van der Waals surface area contributed by atoms with Gasteiger partial charge in [0.2, 0.25) is 0 Å². The summed E-state index contributed by atoms with van der Waals surface area (Å²) in [4.78, 5) is 0. The molecule has 0 aromatic heterocycles. The fourth-order valence-corrected chi connectivity index (χ4v) is 1.40. The van der Waals surface area contributed by atoms with Gasteiger partial charge in [0.05, 0.1) is 5.60 Å². The van der Waals surface area contributed by atoms with Crippen LogP contribution in [0.1, 0.15) is 53.4 Å². The van der Waals surface area contributed by atoms with E-state index in [1.54, 1.807) is 13.0 Å². The predicted octanol–water partition coefficient (Wildman–Crippen LogP) is 4.82. The van der Waals surface area contributed by atoms with Gasteiger partial charge in [0.15, 0.2) is 0 Å². The van der Waals surface area contributed by atoms with Crippen molar-refractivity contribution in [2.45, 2.75) is 59.0 Å². The largest absolute Gasteiger partial charge is 0.386 e. The van der Waals surface area contributed by atoms with Crippen molar-refractivity contribution in [3.8, 4) is 0 Å². The van der Waals surface area contributed by atoms with Crippen LogP contribution in [0, 0.1) is 0 Å². The fourth-order valence-electron chi connectivity index (χ4n) is 1.40. The van der Waals surface area contributed by atoms with E-state index in [4.69, 9.17) is 0 Å². The van der Waals surface area contributed by atoms with Crippen LogP contribution in [-0.2, 0) is 0 Å². The van der Waals surface area contributed by atoms with Crippen LogP contribution in [0.3, 0.4) is 0 Å². The SMILES string of the molecule is C=CC(C)(O)CCC=C(C)CCC=C(C)C.Cl. The van der Waals surface area contributed by atoms with Crippen LogP contribution in [0.4, 0.5) is 0 Å². The fraction of sp³-hybridized carbons (Fsp3) is 0.600. The lowest BCUT2D eigenvalue weighted by Crippen LogP contribution is -2.19. The molecular formula is C15H27ClO. The highest BCUT2D eigenvalue weighted by molar-refractivity contribution is 5.85. The lowest BCUT2D eigenvalue weighted by molar-refractivity contribution is 0.103. The first-order valence-electron chi connectivity index (χ1n) is 6.02. The molecule has 0 bridgehead atoms. The van der Waals surface area contributed by atoms with Gasteiger partial charge in [-0.3, -0.25) is 0 Å². The molecule has 0 aliphatic carbocycles. The summed E-state index contributed by atoms with van der Waals surface area (Å²) in [5, 5.41) is 9.73. The minimum Gasteiger partial charge on any atom is -0.386 e. The standard InChI is InChI=1S/C15H26O.ClH/c1-6-15(5,16)12-8-11-14(4)10-7-9-13(2)3;/h6,9,11,16H,1,7-8,10,12H2,2-5H3;1H. The third-order valence-corrected chi connectivity index (χ3v) is 2.67. The van der Waals surface area contributed by atoms with Gasteiger partial charge >= 0.3 is 0 Å². The van der Waals surface area contributed by atoms with Gasteiger partial charge in [0.25, 0.3) is 0 Å². The maximum Gasteiger partial charge on any atom is 0.0800 e. The van der Waals surface area contributed by atoms with Crippen molar-refractivity contribution < 1.29 is 5.11 Å². The van der Waals surface area contributed by atoms with E-state index in [0.717, 1.165) is 25.7 Å². The van der Waals surface area contributed by atoms with Crippen LogP contribution < -0.4 is 0 Å². The number of rotatable bonds is 7. The summed E-state index contributed by atoms with van der Waals surface area (Å²) in [5.41, 5.74) is 2.05. The highest BCUT2D eigenvalue weighted by Crippen LogP contribution is 2.15. The lowest BCUT2D eigenvalue weighted by Gasteiger charge is -2.16. The predicted molar refractivity (Wildman–Crippen MR) is 79.7 cm³/mol. The molecule has 17 heavy (non-hydrogen) atoms. The summed E-state index contributed by atoms with van der Waals surface area (Å²) < 4.78 is 0. The van der Waals surface area contributed by atoms with Crippen molar-refractivity contribution in [2.24, 2.45) is 0 Å². The highest BCUT2D eigenvalue weighted by atomic mass is 35.5. The van der Waals surface area contributed by atoms with E-state index in [1.807, 2.05) is 0 Å². The van der Waals surface area contributed by atoms with Gasteiger partial charge < -0.3 is 5.11 Å². The van der Waals surface area contributed by atoms with Gasteiger partial charge in [0.1, 0.15) is 0 Å². The Bertz CT molecular complexity index is 271. The molecule has 1 N–H and O–H groups in total. The third kappa shape index (κ3) is 11.7. The molecule has 0 aromatic rings. The van der Waals surface area contributed by atoms with Crippen molar-refractivity contribution in [2.75, 3.05) is 0 Å². The first-order valence-corrected chi connectivity index (χ1v) is 6.02. The van der Waals surface area contributed by atoms with Crippen LogP contribution in [-0.4, -0.2) is 10.7 Å². The molecule has 0 fully saturated rings. The molecule has 0 rings (SSSR count). The maximum atomic E-state index is 9.73. The molecular weight excluding hydrogens is 232 g/mol. The Labute approximate surface area is 113 Å². The molecule has 1 unspecified atom stereocenters. The second kappa shape index (κ2) is 9.49. The molecule has 0 saturated heterocycles. The number of allylic oxidation sites excluding steroid dienone is 4.